The van der Waals surface area contributed by atoms with E-state index in [-0.39, 0.29) is 5.60 Å². The first-order valence-corrected chi connectivity index (χ1v) is 10.7. The van der Waals surface area contributed by atoms with Crippen molar-refractivity contribution in [1.82, 2.24) is 10.2 Å². The third-order valence-corrected chi connectivity index (χ3v) is 5.89. The van der Waals surface area contributed by atoms with E-state index in [0.717, 1.165) is 45.1 Å². The molecule has 0 radical (unpaired) electrons. The van der Waals surface area contributed by atoms with Crippen LogP contribution >= 0.6 is 0 Å². The second-order valence-corrected chi connectivity index (χ2v) is 8.30. The summed E-state index contributed by atoms with van der Waals surface area (Å²) in [6.07, 6.45) is 4.80. The van der Waals surface area contributed by atoms with Crippen molar-refractivity contribution >= 4 is 0 Å². The van der Waals surface area contributed by atoms with E-state index >= 15 is 0 Å². The van der Waals surface area contributed by atoms with Gasteiger partial charge in [-0.15, -0.1) is 0 Å². The molecular formula is C23H40N2O. The summed E-state index contributed by atoms with van der Waals surface area (Å²) in [5.41, 5.74) is 1.52. The van der Waals surface area contributed by atoms with E-state index in [1.807, 2.05) is 0 Å². The Bertz CT molecular complexity index is 484. The topological polar surface area (TPSA) is 24.5 Å². The zero-order chi connectivity index (χ0) is 18.8. The molecule has 26 heavy (non-hydrogen) atoms. The van der Waals surface area contributed by atoms with Crippen LogP contribution in [0.4, 0.5) is 0 Å². The number of hydrogen-bond acceptors (Lipinski definition) is 3. The molecule has 2 rings (SSSR count). The van der Waals surface area contributed by atoms with Crippen LogP contribution in [0.15, 0.2) is 30.3 Å². The summed E-state index contributed by atoms with van der Waals surface area (Å²) >= 11 is 0. The molecule has 1 aromatic carbocycles. The SMILES string of the molecule is CCN(CC)CCCNCC[C@@H](c1ccccc1)[C@@H]1CCOC(C)(C)C1. The third kappa shape index (κ3) is 7.02. The Labute approximate surface area is 161 Å². The molecule has 0 unspecified atom stereocenters. The smallest absolute Gasteiger partial charge is 0.0629 e. The molecule has 0 aromatic heterocycles. The van der Waals surface area contributed by atoms with Crippen LogP contribution in [0.25, 0.3) is 0 Å². The Balaban J connectivity index is 1.83. The van der Waals surface area contributed by atoms with Crippen LogP contribution in [0.2, 0.25) is 0 Å². The first-order chi connectivity index (χ1) is 12.6. The van der Waals surface area contributed by atoms with Crippen molar-refractivity contribution < 1.29 is 4.74 Å². The van der Waals surface area contributed by atoms with Gasteiger partial charge in [0.15, 0.2) is 0 Å². The molecule has 1 N–H and O–H groups in total. The van der Waals surface area contributed by atoms with Gasteiger partial charge in [0.25, 0.3) is 0 Å². The van der Waals surface area contributed by atoms with Crippen molar-refractivity contribution in [2.75, 3.05) is 39.3 Å². The van der Waals surface area contributed by atoms with Gasteiger partial charge in [-0.1, -0.05) is 44.2 Å². The van der Waals surface area contributed by atoms with Gasteiger partial charge in [0.05, 0.1) is 5.60 Å². The van der Waals surface area contributed by atoms with Gasteiger partial charge in [-0.05, 0) is 89.7 Å². The molecule has 1 aromatic rings. The number of nitrogens with zero attached hydrogens (tertiary/aromatic N) is 1. The fraction of sp³-hybridized carbons (Fsp3) is 0.739. The molecule has 0 spiro atoms. The van der Waals surface area contributed by atoms with E-state index < -0.39 is 0 Å². The molecule has 0 aliphatic carbocycles. The maximum Gasteiger partial charge on any atom is 0.0629 e. The molecule has 3 heteroatoms. The fourth-order valence-electron chi connectivity index (χ4n) is 4.35. The lowest BCUT2D eigenvalue weighted by atomic mass is 9.75. The van der Waals surface area contributed by atoms with E-state index in [9.17, 15) is 0 Å². The second-order valence-electron chi connectivity index (χ2n) is 8.30. The van der Waals surface area contributed by atoms with Gasteiger partial charge in [-0.2, -0.15) is 0 Å². The van der Waals surface area contributed by atoms with Crippen molar-refractivity contribution in [1.29, 1.82) is 0 Å². The van der Waals surface area contributed by atoms with Gasteiger partial charge in [-0.3, -0.25) is 0 Å². The predicted molar refractivity (Wildman–Crippen MR) is 112 cm³/mol. The molecule has 0 bridgehead atoms. The molecule has 1 fully saturated rings. The maximum absolute atomic E-state index is 5.96. The molecule has 0 amide bonds. The lowest BCUT2D eigenvalue weighted by Gasteiger charge is -2.39. The first-order valence-electron chi connectivity index (χ1n) is 10.7. The fourth-order valence-corrected chi connectivity index (χ4v) is 4.35. The van der Waals surface area contributed by atoms with Gasteiger partial charge in [0, 0.05) is 6.61 Å². The monoisotopic (exact) mass is 360 g/mol. The second kappa shape index (κ2) is 11.1. The zero-order valence-electron chi connectivity index (χ0n) is 17.5. The van der Waals surface area contributed by atoms with Gasteiger partial charge in [-0.25, -0.2) is 0 Å². The minimum absolute atomic E-state index is 0.0210. The average Bonchev–Trinajstić information content (AvgIpc) is 2.64. The van der Waals surface area contributed by atoms with Gasteiger partial charge >= 0.3 is 0 Å². The maximum atomic E-state index is 5.96. The number of rotatable bonds is 11. The summed E-state index contributed by atoms with van der Waals surface area (Å²) in [6.45, 7) is 15.6. The standard InChI is InChI=1S/C23H40N2O/c1-5-25(6-2)17-10-15-24-16-13-22(20-11-8-7-9-12-20)21-14-18-26-23(3,4)19-21/h7-9,11-12,21-22,24H,5-6,10,13-19H2,1-4H3/t21-,22+/m1/s1. The molecular weight excluding hydrogens is 320 g/mol. The number of benzene rings is 1. The Morgan fingerprint density at radius 2 is 1.88 bits per heavy atom. The highest BCUT2D eigenvalue weighted by molar-refractivity contribution is 5.20. The Hall–Kier alpha value is -0.900. The normalized spacial score (nSPS) is 21.0. The summed E-state index contributed by atoms with van der Waals surface area (Å²) in [6, 6.07) is 11.1. The minimum atomic E-state index is 0.0210. The largest absolute Gasteiger partial charge is 0.376 e. The highest BCUT2D eigenvalue weighted by Gasteiger charge is 2.33. The molecule has 1 saturated heterocycles. The molecule has 0 saturated carbocycles. The van der Waals surface area contributed by atoms with Crippen LogP contribution in [0.1, 0.15) is 64.9 Å². The zero-order valence-corrected chi connectivity index (χ0v) is 17.5. The van der Waals surface area contributed by atoms with Crippen molar-refractivity contribution in [2.45, 2.75) is 64.9 Å². The molecule has 1 aliphatic heterocycles. The summed E-state index contributed by atoms with van der Waals surface area (Å²) in [5.74, 6) is 1.35. The van der Waals surface area contributed by atoms with Crippen molar-refractivity contribution in [2.24, 2.45) is 5.92 Å². The third-order valence-electron chi connectivity index (χ3n) is 5.89. The van der Waals surface area contributed by atoms with Crippen LogP contribution in [0.5, 0.6) is 0 Å². The molecule has 148 valence electrons. The molecule has 1 heterocycles. The Kier molecular flexibility index (Phi) is 9.10. The lowest BCUT2D eigenvalue weighted by Crippen LogP contribution is -2.37. The van der Waals surface area contributed by atoms with Crippen LogP contribution in [-0.2, 0) is 4.74 Å². The van der Waals surface area contributed by atoms with Gasteiger partial charge < -0.3 is 15.0 Å². The lowest BCUT2D eigenvalue weighted by molar-refractivity contribution is -0.0771. The number of nitrogens with one attached hydrogen (secondary N) is 1. The van der Waals surface area contributed by atoms with E-state index in [4.69, 9.17) is 4.74 Å². The van der Waals surface area contributed by atoms with Gasteiger partial charge in [0.2, 0.25) is 0 Å². The van der Waals surface area contributed by atoms with Crippen LogP contribution in [-0.4, -0.2) is 49.8 Å². The van der Waals surface area contributed by atoms with Crippen molar-refractivity contribution in [3.63, 3.8) is 0 Å². The van der Waals surface area contributed by atoms with Crippen molar-refractivity contribution in [3.8, 4) is 0 Å². The number of hydrogen-bond donors (Lipinski definition) is 1. The Morgan fingerprint density at radius 3 is 2.54 bits per heavy atom. The van der Waals surface area contributed by atoms with Crippen LogP contribution in [0, 0.1) is 5.92 Å². The Morgan fingerprint density at radius 1 is 1.15 bits per heavy atom. The quantitative estimate of drug-likeness (QED) is 0.580. The van der Waals surface area contributed by atoms with Crippen LogP contribution < -0.4 is 5.32 Å². The summed E-state index contributed by atoms with van der Waals surface area (Å²) in [4.78, 5) is 2.50. The molecule has 3 nitrogen and oxygen atoms in total. The van der Waals surface area contributed by atoms with Gasteiger partial charge in [0.1, 0.15) is 0 Å². The highest BCUT2D eigenvalue weighted by Crippen LogP contribution is 2.39. The summed E-state index contributed by atoms with van der Waals surface area (Å²) in [5, 5.41) is 3.69. The van der Waals surface area contributed by atoms with E-state index in [2.05, 4.69) is 68.2 Å². The minimum Gasteiger partial charge on any atom is -0.376 e. The molecule has 1 aliphatic rings. The first kappa shape index (κ1) is 21.4. The summed E-state index contributed by atoms with van der Waals surface area (Å²) < 4.78 is 5.96. The van der Waals surface area contributed by atoms with Crippen molar-refractivity contribution in [3.05, 3.63) is 35.9 Å². The van der Waals surface area contributed by atoms with E-state index in [1.54, 1.807) is 0 Å². The highest BCUT2D eigenvalue weighted by atomic mass is 16.5. The van der Waals surface area contributed by atoms with E-state index in [1.165, 1.54) is 31.4 Å². The molecule has 2 atom stereocenters. The summed E-state index contributed by atoms with van der Waals surface area (Å²) in [7, 11) is 0. The van der Waals surface area contributed by atoms with Crippen LogP contribution in [0.3, 0.4) is 0 Å². The average molecular weight is 361 g/mol. The number of ether oxygens (including phenoxy) is 1. The predicted octanol–water partition coefficient (Wildman–Crippen LogP) is 4.69. The van der Waals surface area contributed by atoms with E-state index in [0.29, 0.717) is 5.92 Å².